The number of carbonyl (C=O) groups is 2. The normalized spacial score (nSPS) is 14.4. The Labute approximate surface area is 122 Å². The fraction of sp³-hybridized carbons (Fsp3) is 0.188. The van der Waals surface area contributed by atoms with Crippen molar-refractivity contribution in [3.63, 3.8) is 0 Å². The number of aromatic nitrogens is 1. The van der Waals surface area contributed by atoms with Crippen LogP contribution in [0.15, 0.2) is 42.5 Å². The number of fused-ring (bicyclic) bond motifs is 1. The Morgan fingerprint density at radius 3 is 2.76 bits per heavy atom. The van der Waals surface area contributed by atoms with Crippen molar-refractivity contribution in [2.45, 2.75) is 13.5 Å². The van der Waals surface area contributed by atoms with Gasteiger partial charge in [-0.1, -0.05) is 18.2 Å². The van der Waals surface area contributed by atoms with Crippen LogP contribution in [0, 0.1) is 6.92 Å². The lowest BCUT2D eigenvalue weighted by atomic mass is 10.1. The summed E-state index contributed by atoms with van der Waals surface area (Å²) >= 11 is 0. The van der Waals surface area contributed by atoms with Crippen molar-refractivity contribution in [2.24, 2.45) is 0 Å². The van der Waals surface area contributed by atoms with Gasteiger partial charge in [-0.2, -0.15) is 0 Å². The average Bonchev–Trinajstić information content (AvgIpc) is 2.60. The first-order chi connectivity index (χ1) is 10.1. The van der Waals surface area contributed by atoms with E-state index < -0.39 is 0 Å². The van der Waals surface area contributed by atoms with Gasteiger partial charge in [0.15, 0.2) is 0 Å². The van der Waals surface area contributed by atoms with Gasteiger partial charge >= 0.3 is 0 Å². The van der Waals surface area contributed by atoms with Gasteiger partial charge in [-0.25, -0.2) is 0 Å². The molecule has 0 atom stereocenters. The summed E-state index contributed by atoms with van der Waals surface area (Å²) in [4.78, 5) is 30.3. The first kappa shape index (κ1) is 13.3. The maximum Gasteiger partial charge on any atom is 0.253 e. The highest BCUT2D eigenvalue weighted by atomic mass is 16.2. The van der Waals surface area contributed by atoms with Gasteiger partial charge in [-0.15, -0.1) is 0 Å². The molecule has 1 aliphatic heterocycles. The maximum absolute atomic E-state index is 12.3. The van der Waals surface area contributed by atoms with Gasteiger partial charge in [0, 0.05) is 5.69 Å². The molecule has 21 heavy (non-hydrogen) atoms. The van der Waals surface area contributed by atoms with Gasteiger partial charge in [-0.3, -0.25) is 14.6 Å². The van der Waals surface area contributed by atoms with Crippen LogP contribution in [-0.4, -0.2) is 23.3 Å². The molecule has 0 spiro atoms. The Bertz CT molecular complexity index is 712. The highest BCUT2D eigenvalue weighted by Crippen LogP contribution is 2.24. The zero-order chi connectivity index (χ0) is 14.8. The molecule has 0 saturated heterocycles. The number of benzene rings is 1. The number of para-hydroxylation sites is 1. The summed E-state index contributed by atoms with van der Waals surface area (Å²) < 4.78 is 0. The van der Waals surface area contributed by atoms with Gasteiger partial charge in [0.1, 0.15) is 0 Å². The van der Waals surface area contributed by atoms with Crippen LogP contribution in [0.4, 0.5) is 5.69 Å². The van der Waals surface area contributed by atoms with Gasteiger partial charge in [0.05, 0.1) is 30.0 Å². The molecule has 2 heterocycles. The fourth-order valence-corrected chi connectivity index (χ4v) is 2.40. The molecule has 0 bridgehead atoms. The fourth-order valence-electron chi connectivity index (χ4n) is 2.40. The zero-order valence-electron chi connectivity index (χ0n) is 11.7. The molecule has 0 saturated carbocycles. The number of hydrogen-bond donors (Lipinski definition) is 1. The second-order valence-electron chi connectivity index (χ2n) is 4.95. The van der Waals surface area contributed by atoms with E-state index in [9.17, 15) is 9.59 Å². The van der Waals surface area contributed by atoms with E-state index in [4.69, 9.17) is 0 Å². The number of amides is 2. The lowest BCUT2D eigenvalue weighted by molar-refractivity contribution is -0.117. The predicted octanol–water partition coefficient (Wildman–Crippen LogP) is 1.67. The van der Waals surface area contributed by atoms with E-state index in [1.54, 1.807) is 23.1 Å². The quantitative estimate of drug-likeness (QED) is 0.910. The number of hydrogen-bond acceptors (Lipinski definition) is 3. The van der Waals surface area contributed by atoms with Gasteiger partial charge < -0.3 is 10.2 Å². The third-order valence-corrected chi connectivity index (χ3v) is 3.41. The molecular formula is C16H15N3O2. The number of rotatable bonds is 2. The Morgan fingerprint density at radius 2 is 1.95 bits per heavy atom. The second-order valence-corrected chi connectivity index (χ2v) is 4.95. The van der Waals surface area contributed by atoms with Crippen molar-refractivity contribution in [3.05, 3.63) is 59.4 Å². The Kier molecular flexibility index (Phi) is 3.39. The molecule has 2 aromatic rings. The molecule has 2 amide bonds. The molecule has 1 N–H and O–H groups in total. The van der Waals surface area contributed by atoms with Gasteiger partial charge in [0.25, 0.3) is 5.91 Å². The van der Waals surface area contributed by atoms with Crippen LogP contribution in [-0.2, 0) is 11.3 Å². The van der Waals surface area contributed by atoms with E-state index in [0.29, 0.717) is 17.8 Å². The van der Waals surface area contributed by atoms with E-state index in [0.717, 1.165) is 11.4 Å². The summed E-state index contributed by atoms with van der Waals surface area (Å²) in [5.74, 6) is -0.366. The van der Waals surface area contributed by atoms with Crippen molar-refractivity contribution in [1.82, 2.24) is 10.3 Å². The van der Waals surface area contributed by atoms with Crippen molar-refractivity contribution < 1.29 is 9.59 Å². The van der Waals surface area contributed by atoms with E-state index in [1.807, 2.05) is 31.2 Å². The smallest absolute Gasteiger partial charge is 0.253 e. The third-order valence-electron chi connectivity index (χ3n) is 3.41. The summed E-state index contributed by atoms with van der Waals surface area (Å²) in [5.41, 5.74) is 2.83. The Morgan fingerprint density at radius 1 is 1.14 bits per heavy atom. The predicted molar refractivity (Wildman–Crippen MR) is 78.9 cm³/mol. The van der Waals surface area contributed by atoms with E-state index in [2.05, 4.69) is 10.3 Å². The third kappa shape index (κ3) is 2.63. The molecular weight excluding hydrogens is 266 g/mol. The minimum atomic E-state index is -0.223. The minimum absolute atomic E-state index is 0.000666. The average molecular weight is 281 g/mol. The number of anilines is 1. The number of pyridine rings is 1. The van der Waals surface area contributed by atoms with Crippen molar-refractivity contribution in [1.29, 1.82) is 0 Å². The van der Waals surface area contributed by atoms with Crippen LogP contribution >= 0.6 is 0 Å². The molecule has 0 unspecified atom stereocenters. The van der Waals surface area contributed by atoms with Crippen LogP contribution in [0.2, 0.25) is 0 Å². The summed E-state index contributed by atoms with van der Waals surface area (Å²) in [6.07, 6.45) is 0. The monoisotopic (exact) mass is 281 g/mol. The van der Waals surface area contributed by atoms with E-state index in [-0.39, 0.29) is 18.4 Å². The Balaban J connectivity index is 2.01. The standard InChI is InChI=1S/C16H15N3O2/c1-11-5-4-6-12(18-11)10-19-14-8-3-2-7-13(14)16(21)17-9-15(19)20/h2-8H,9-10H2,1H3,(H,17,21). The topological polar surface area (TPSA) is 62.3 Å². The number of carbonyl (C=O) groups excluding carboxylic acids is 2. The summed E-state index contributed by atoms with van der Waals surface area (Å²) in [6, 6.07) is 12.8. The number of nitrogens with one attached hydrogen (secondary N) is 1. The lowest BCUT2D eigenvalue weighted by Crippen LogP contribution is -2.36. The van der Waals surface area contributed by atoms with Crippen molar-refractivity contribution in [3.8, 4) is 0 Å². The highest BCUT2D eigenvalue weighted by Gasteiger charge is 2.26. The molecule has 0 aliphatic carbocycles. The highest BCUT2D eigenvalue weighted by molar-refractivity contribution is 6.09. The first-order valence-corrected chi connectivity index (χ1v) is 6.75. The maximum atomic E-state index is 12.3. The van der Waals surface area contributed by atoms with Gasteiger partial charge in [-0.05, 0) is 31.2 Å². The van der Waals surface area contributed by atoms with Crippen LogP contribution in [0.5, 0.6) is 0 Å². The number of aryl methyl sites for hydroxylation is 1. The SMILES string of the molecule is Cc1cccc(CN2C(=O)CNC(=O)c3ccccc32)n1. The lowest BCUT2D eigenvalue weighted by Gasteiger charge is -2.21. The van der Waals surface area contributed by atoms with Crippen molar-refractivity contribution >= 4 is 17.5 Å². The van der Waals surface area contributed by atoms with E-state index in [1.165, 1.54) is 0 Å². The summed E-state index contributed by atoms with van der Waals surface area (Å²) in [6.45, 7) is 2.26. The van der Waals surface area contributed by atoms with Crippen LogP contribution in [0.1, 0.15) is 21.7 Å². The molecule has 5 heteroatoms. The minimum Gasteiger partial charge on any atom is -0.343 e. The summed E-state index contributed by atoms with van der Waals surface area (Å²) in [7, 11) is 0. The van der Waals surface area contributed by atoms with Crippen LogP contribution < -0.4 is 10.2 Å². The molecule has 1 aliphatic rings. The molecule has 0 fully saturated rings. The Hall–Kier alpha value is -2.69. The molecule has 3 rings (SSSR count). The second kappa shape index (κ2) is 5.36. The molecule has 5 nitrogen and oxygen atoms in total. The van der Waals surface area contributed by atoms with Gasteiger partial charge in [0.2, 0.25) is 5.91 Å². The van der Waals surface area contributed by atoms with E-state index >= 15 is 0 Å². The zero-order valence-corrected chi connectivity index (χ0v) is 11.7. The summed E-state index contributed by atoms with van der Waals surface area (Å²) in [5, 5.41) is 2.63. The van der Waals surface area contributed by atoms with Crippen molar-refractivity contribution in [2.75, 3.05) is 11.4 Å². The largest absolute Gasteiger partial charge is 0.343 e. The van der Waals surface area contributed by atoms with Crippen LogP contribution in [0.25, 0.3) is 0 Å². The molecule has 1 aromatic carbocycles. The molecule has 106 valence electrons. The van der Waals surface area contributed by atoms with Crippen LogP contribution in [0.3, 0.4) is 0 Å². The molecule has 1 aromatic heterocycles. The number of nitrogens with zero attached hydrogens (tertiary/aromatic N) is 2. The molecule has 0 radical (unpaired) electrons. The first-order valence-electron chi connectivity index (χ1n) is 6.75.